The van der Waals surface area contributed by atoms with Crippen molar-refractivity contribution in [1.82, 2.24) is 24.9 Å². The van der Waals surface area contributed by atoms with Gasteiger partial charge >= 0.3 is 6.09 Å². The highest BCUT2D eigenvalue weighted by Gasteiger charge is 2.30. The van der Waals surface area contributed by atoms with Crippen molar-refractivity contribution in [1.29, 1.82) is 10.5 Å². The molecule has 14 heteroatoms. The van der Waals surface area contributed by atoms with Gasteiger partial charge in [-0.15, -0.1) is 5.10 Å². The lowest BCUT2D eigenvalue weighted by molar-refractivity contribution is 0.108. The molecule has 0 bridgehead atoms. The average molecular weight is 497 g/mol. The molecular formula is C21H21ClN10O3. The third-order valence-corrected chi connectivity index (χ3v) is 5.88. The lowest BCUT2D eigenvalue weighted by atomic mass is 10.0. The number of carboxylic acid groups (broad SMARTS) is 1. The van der Waals surface area contributed by atoms with Gasteiger partial charge in [0.2, 0.25) is 5.95 Å². The van der Waals surface area contributed by atoms with Gasteiger partial charge < -0.3 is 31.1 Å². The third kappa shape index (κ3) is 4.82. The van der Waals surface area contributed by atoms with Gasteiger partial charge in [-0.05, 0) is 25.5 Å². The molecule has 2 aromatic heterocycles. The molecule has 3 aromatic rings. The molecule has 2 atom stereocenters. The minimum Gasteiger partial charge on any atom is -0.465 e. The van der Waals surface area contributed by atoms with Crippen LogP contribution in [0.4, 0.5) is 27.9 Å². The fourth-order valence-electron chi connectivity index (χ4n) is 3.89. The summed E-state index contributed by atoms with van der Waals surface area (Å²) in [6.07, 6.45) is -0.418. The van der Waals surface area contributed by atoms with Crippen molar-refractivity contribution in [2.75, 3.05) is 35.2 Å². The number of rotatable bonds is 6. The lowest BCUT2D eigenvalue weighted by Crippen LogP contribution is -2.54. The first-order valence-electron chi connectivity index (χ1n) is 10.7. The van der Waals surface area contributed by atoms with E-state index in [1.807, 2.05) is 13.0 Å². The fourth-order valence-corrected chi connectivity index (χ4v) is 4.17. The van der Waals surface area contributed by atoms with Crippen molar-refractivity contribution >= 4 is 46.5 Å². The first kappa shape index (κ1) is 23.8. The maximum Gasteiger partial charge on any atom is 0.404 e. The van der Waals surface area contributed by atoms with Gasteiger partial charge in [-0.2, -0.15) is 20.0 Å². The van der Waals surface area contributed by atoms with Crippen molar-refractivity contribution in [3.05, 3.63) is 34.6 Å². The standard InChI is InChI=1S/C21H21ClN10O3/c1-2-25-18-19-26-9-12(8-24)32(19)30-20(29-18)27-14-5-11(7-23)6-15(17(14)22)31-4-3-13(16(33)10-31)28-21(34)35/h5-6,9,13,16,28,33H,2-4,10H2,1H3,(H,34,35)(H2,25,27,29,30). The summed E-state index contributed by atoms with van der Waals surface area (Å²) in [7, 11) is 0. The number of hydrogen-bond donors (Lipinski definition) is 5. The first-order chi connectivity index (χ1) is 16.8. The number of fused-ring (bicyclic) bond motifs is 1. The van der Waals surface area contributed by atoms with Gasteiger partial charge in [-0.25, -0.2) is 9.78 Å². The summed E-state index contributed by atoms with van der Waals surface area (Å²) in [5.41, 5.74) is 1.75. The Bertz CT molecular complexity index is 1360. The second-order valence-corrected chi connectivity index (χ2v) is 8.13. The van der Waals surface area contributed by atoms with E-state index in [2.05, 4.69) is 37.1 Å². The van der Waals surface area contributed by atoms with E-state index < -0.39 is 18.2 Å². The number of nitrogens with one attached hydrogen (secondary N) is 3. The van der Waals surface area contributed by atoms with Crippen LogP contribution in [0.25, 0.3) is 5.65 Å². The van der Waals surface area contributed by atoms with Crippen molar-refractivity contribution in [3.8, 4) is 12.1 Å². The molecule has 35 heavy (non-hydrogen) atoms. The monoisotopic (exact) mass is 496 g/mol. The lowest BCUT2D eigenvalue weighted by Gasteiger charge is -2.37. The number of aromatic nitrogens is 4. The van der Waals surface area contributed by atoms with E-state index in [1.165, 1.54) is 10.7 Å². The van der Waals surface area contributed by atoms with Gasteiger partial charge in [-0.3, -0.25) is 0 Å². The zero-order valence-corrected chi connectivity index (χ0v) is 19.3. The van der Waals surface area contributed by atoms with Crippen molar-refractivity contribution in [2.45, 2.75) is 25.5 Å². The number of amides is 1. The van der Waals surface area contributed by atoms with Gasteiger partial charge in [0.05, 0.1) is 46.4 Å². The summed E-state index contributed by atoms with van der Waals surface area (Å²) in [6, 6.07) is 6.66. The van der Waals surface area contributed by atoms with Crippen molar-refractivity contribution in [3.63, 3.8) is 0 Å². The summed E-state index contributed by atoms with van der Waals surface area (Å²) in [6.45, 7) is 2.98. The Balaban J connectivity index is 1.69. The number of halogens is 1. The molecule has 0 radical (unpaired) electrons. The highest BCUT2D eigenvalue weighted by atomic mass is 35.5. The molecule has 1 fully saturated rings. The molecule has 1 saturated heterocycles. The predicted molar refractivity (Wildman–Crippen MR) is 127 cm³/mol. The van der Waals surface area contributed by atoms with E-state index in [9.17, 15) is 20.4 Å². The molecule has 1 aliphatic rings. The minimum atomic E-state index is -1.20. The van der Waals surface area contributed by atoms with Crippen molar-refractivity contribution in [2.24, 2.45) is 0 Å². The molecule has 2 unspecified atom stereocenters. The number of nitrogens with zero attached hydrogens (tertiary/aromatic N) is 7. The SMILES string of the molecule is CCNc1nc(Nc2cc(C#N)cc(N3CCC(NC(=O)O)C(O)C3)c2Cl)nn2c(C#N)cnc12. The van der Waals surface area contributed by atoms with Crippen LogP contribution in [0, 0.1) is 22.7 Å². The minimum absolute atomic E-state index is 0.118. The van der Waals surface area contributed by atoms with Crippen LogP contribution in [0.3, 0.4) is 0 Å². The zero-order chi connectivity index (χ0) is 25.1. The largest absolute Gasteiger partial charge is 0.465 e. The fraction of sp³-hybridized carbons (Fsp3) is 0.333. The maximum atomic E-state index is 10.9. The number of aliphatic hydroxyl groups excluding tert-OH is 1. The van der Waals surface area contributed by atoms with Crippen LogP contribution < -0.4 is 20.9 Å². The number of anilines is 4. The van der Waals surface area contributed by atoms with Crippen LogP contribution >= 0.6 is 11.6 Å². The molecule has 3 heterocycles. The van der Waals surface area contributed by atoms with E-state index in [4.69, 9.17) is 16.7 Å². The Hall–Kier alpha value is -4.33. The number of carbonyl (C=O) groups is 1. The van der Waals surface area contributed by atoms with Gasteiger partial charge in [-0.1, -0.05) is 11.6 Å². The molecule has 0 saturated carbocycles. The Morgan fingerprint density at radius 3 is 2.80 bits per heavy atom. The Morgan fingerprint density at radius 2 is 2.14 bits per heavy atom. The first-order valence-corrected chi connectivity index (χ1v) is 11.0. The average Bonchev–Trinajstić information content (AvgIpc) is 3.25. The highest BCUT2D eigenvalue weighted by Crippen LogP contribution is 2.37. The molecule has 1 aliphatic heterocycles. The Labute approximate surface area is 204 Å². The summed E-state index contributed by atoms with van der Waals surface area (Å²) in [5.74, 6) is 0.533. The third-order valence-electron chi connectivity index (χ3n) is 5.48. The Kier molecular flexibility index (Phi) is 6.73. The van der Waals surface area contributed by atoms with Crippen LogP contribution in [0.5, 0.6) is 0 Å². The predicted octanol–water partition coefficient (Wildman–Crippen LogP) is 1.90. The Morgan fingerprint density at radius 1 is 1.34 bits per heavy atom. The smallest absolute Gasteiger partial charge is 0.404 e. The van der Waals surface area contributed by atoms with Crippen LogP contribution in [0.2, 0.25) is 5.02 Å². The number of nitriles is 2. The second kappa shape index (κ2) is 9.89. The quantitative estimate of drug-likeness (QED) is 0.335. The number of imidazole rings is 1. The molecule has 0 spiro atoms. The zero-order valence-electron chi connectivity index (χ0n) is 18.5. The number of hydrogen-bond acceptors (Lipinski definition) is 10. The molecule has 13 nitrogen and oxygen atoms in total. The van der Waals surface area contributed by atoms with Crippen molar-refractivity contribution < 1.29 is 15.0 Å². The summed E-state index contributed by atoms with van der Waals surface area (Å²) in [4.78, 5) is 21.4. The van der Waals surface area contributed by atoms with Gasteiger partial charge in [0.25, 0.3) is 0 Å². The molecule has 4 rings (SSSR count). The van der Waals surface area contributed by atoms with E-state index in [1.54, 1.807) is 17.0 Å². The topological polar surface area (TPSA) is 188 Å². The normalized spacial score (nSPS) is 17.5. The number of benzene rings is 1. The number of piperidine rings is 1. The van der Waals surface area contributed by atoms with E-state index in [-0.39, 0.29) is 23.2 Å². The van der Waals surface area contributed by atoms with Gasteiger partial charge in [0.15, 0.2) is 17.2 Å². The molecule has 5 N–H and O–H groups in total. The van der Waals surface area contributed by atoms with Gasteiger partial charge in [0.1, 0.15) is 6.07 Å². The van der Waals surface area contributed by atoms with E-state index in [0.29, 0.717) is 47.9 Å². The molecule has 0 aliphatic carbocycles. The second-order valence-electron chi connectivity index (χ2n) is 7.76. The summed E-state index contributed by atoms with van der Waals surface area (Å²) < 4.78 is 1.35. The van der Waals surface area contributed by atoms with Gasteiger partial charge in [0, 0.05) is 19.6 Å². The van der Waals surface area contributed by atoms with Crippen LogP contribution in [0.1, 0.15) is 24.6 Å². The molecule has 1 amide bonds. The molecule has 1 aromatic carbocycles. The van der Waals surface area contributed by atoms with Crippen LogP contribution in [-0.2, 0) is 0 Å². The number of aliphatic hydroxyl groups is 1. The van der Waals surface area contributed by atoms with Crippen LogP contribution in [0.15, 0.2) is 18.3 Å². The number of β-amino-alcohol motifs (C(OH)–C–C–N with tert-alkyl or cyclic N) is 1. The maximum absolute atomic E-state index is 10.9. The highest BCUT2D eigenvalue weighted by molar-refractivity contribution is 6.36. The molecular weight excluding hydrogens is 476 g/mol. The van der Waals surface area contributed by atoms with E-state index >= 15 is 0 Å². The van der Waals surface area contributed by atoms with E-state index in [0.717, 1.165) is 0 Å². The summed E-state index contributed by atoms with van der Waals surface area (Å²) in [5, 5.41) is 51.4. The molecule has 180 valence electrons. The van der Waals surface area contributed by atoms with Crippen LogP contribution in [-0.4, -0.2) is 67.7 Å². The summed E-state index contributed by atoms with van der Waals surface area (Å²) >= 11 is 6.70.